The van der Waals surface area contributed by atoms with E-state index in [-0.39, 0.29) is 0 Å². The molecule has 1 aromatic heterocycles. The highest BCUT2D eigenvalue weighted by Gasteiger charge is 2.32. The number of aliphatic hydroxyl groups is 2. The van der Waals surface area contributed by atoms with Crippen molar-refractivity contribution < 1.29 is 29.3 Å². The Labute approximate surface area is 209 Å². The Morgan fingerprint density at radius 2 is 1.34 bits per heavy atom. The largest absolute Gasteiger partial charge is 0.786 e. The molecule has 1 heterocycles. The highest BCUT2D eigenvalue weighted by molar-refractivity contribution is 7.20. The van der Waals surface area contributed by atoms with Crippen molar-refractivity contribution in [3.63, 3.8) is 0 Å². The second-order valence-corrected chi connectivity index (χ2v) is 9.85. The van der Waals surface area contributed by atoms with Gasteiger partial charge in [-0.25, -0.2) is 4.98 Å². The van der Waals surface area contributed by atoms with Crippen LogP contribution in [-0.4, -0.2) is 38.7 Å². The van der Waals surface area contributed by atoms with Gasteiger partial charge in [0.05, 0.1) is 21.4 Å². The van der Waals surface area contributed by atoms with Crippen LogP contribution < -0.4 is 14.0 Å². The van der Waals surface area contributed by atoms with Crippen molar-refractivity contribution >= 4 is 28.9 Å². The smallest absolute Gasteiger partial charge is 0.501 e. The van der Waals surface area contributed by atoms with Gasteiger partial charge < -0.3 is 29.3 Å². The maximum Gasteiger partial charge on any atom is 0.786 e. The minimum atomic E-state index is -1.44. The van der Waals surface area contributed by atoms with Gasteiger partial charge in [-0.2, -0.15) is 0 Å². The molecule has 3 aromatic carbocycles. The van der Waals surface area contributed by atoms with E-state index < -0.39 is 18.5 Å². The Bertz CT molecular complexity index is 1140. The molecule has 0 fully saturated rings. The third kappa shape index (κ3) is 8.26. The zero-order valence-electron chi connectivity index (χ0n) is 20.2. The van der Waals surface area contributed by atoms with Gasteiger partial charge >= 0.3 is 7.32 Å². The van der Waals surface area contributed by atoms with E-state index in [1.165, 1.54) is 11.3 Å². The Morgan fingerprint density at radius 3 is 1.94 bits per heavy atom. The maximum absolute atomic E-state index is 9.99. The monoisotopic (exact) mass is 495 g/mol. The molecular weight excluding hydrogens is 465 g/mol. The van der Waals surface area contributed by atoms with Gasteiger partial charge in [-0.05, 0) is 69.7 Å². The van der Waals surface area contributed by atoms with Crippen LogP contribution in [0.25, 0.3) is 10.2 Å². The van der Waals surface area contributed by atoms with Crippen molar-refractivity contribution in [2.24, 2.45) is 0 Å². The lowest BCUT2D eigenvalue weighted by molar-refractivity contribution is -0.107. The molecule has 184 valence electrons. The van der Waals surface area contributed by atoms with Gasteiger partial charge in [0.1, 0.15) is 18.1 Å². The van der Waals surface area contributed by atoms with Crippen LogP contribution in [0.2, 0.25) is 0 Å². The number of ether oxygens (including phenoxy) is 1. The molecule has 0 aliphatic heterocycles. The summed E-state index contributed by atoms with van der Waals surface area (Å²) < 4.78 is 17.4. The first-order chi connectivity index (χ1) is 16.5. The van der Waals surface area contributed by atoms with E-state index in [1.807, 2.05) is 54.6 Å². The first-order valence-electron chi connectivity index (χ1n) is 11.1. The summed E-state index contributed by atoms with van der Waals surface area (Å²) in [5.74, 6) is 1.18. The number of hydrogen-bond acceptors (Lipinski definition) is 8. The summed E-state index contributed by atoms with van der Waals surface area (Å²) in [5, 5.41) is 28.6. The van der Waals surface area contributed by atoms with E-state index in [4.69, 9.17) is 24.3 Å². The third-order valence-corrected chi connectivity index (χ3v) is 6.21. The standard InChI is InChI=1S/C20H16BNO4S.C6H14O2/c23-21(26-20-22-18-8-4-5-9-19(18)27-20)25-17-12-10-16(11-13-17)24-14-15-6-2-1-3-7-15;1-5(2,7)6(3,4)8/h1-13,23H,14H2;7-8H,1-4H3. The summed E-state index contributed by atoms with van der Waals surface area (Å²) in [6.07, 6.45) is 0. The second-order valence-electron chi connectivity index (χ2n) is 8.85. The van der Waals surface area contributed by atoms with Gasteiger partial charge in [0.15, 0.2) is 0 Å². The lowest BCUT2D eigenvalue weighted by atomic mass is 9.90. The van der Waals surface area contributed by atoms with Gasteiger partial charge in [0, 0.05) is 0 Å². The van der Waals surface area contributed by atoms with Crippen LogP contribution in [0.15, 0.2) is 78.9 Å². The van der Waals surface area contributed by atoms with E-state index in [0.717, 1.165) is 15.8 Å². The summed E-state index contributed by atoms with van der Waals surface area (Å²) >= 11 is 1.35. The lowest BCUT2D eigenvalue weighted by Gasteiger charge is -2.31. The summed E-state index contributed by atoms with van der Waals surface area (Å²) in [6, 6.07) is 24.6. The van der Waals surface area contributed by atoms with Crippen LogP contribution >= 0.6 is 11.3 Å². The zero-order chi connectivity index (χ0) is 25.5. The topological polar surface area (TPSA) is 101 Å². The number of thiazole rings is 1. The fourth-order valence-electron chi connectivity index (χ4n) is 2.48. The van der Waals surface area contributed by atoms with E-state index in [0.29, 0.717) is 23.3 Å². The quantitative estimate of drug-likeness (QED) is 0.301. The van der Waals surface area contributed by atoms with Crippen molar-refractivity contribution in [1.82, 2.24) is 4.98 Å². The first-order valence-corrected chi connectivity index (χ1v) is 11.9. The lowest BCUT2D eigenvalue weighted by Crippen LogP contribution is -2.44. The molecule has 0 bridgehead atoms. The highest BCUT2D eigenvalue weighted by atomic mass is 32.1. The van der Waals surface area contributed by atoms with Crippen LogP contribution in [-0.2, 0) is 6.61 Å². The van der Waals surface area contributed by atoms with Crippen molar-refractivity contribution in [3.8, 4) is 16.7 Å². The summed E-state index contributed by atoms with van der Waals surface area (Å²) in [5.41, 5.74) is -0.0953. The van der Waals surface area contributed by atoms with Crippen molar-refractivity contribution in [3.05, 3.63) is 84.4 Å². The molecule has 0 amide bonds. The zero-order valence-corrected chi connectivity index (χ0v) is 21.0. The van der Waals surface area contributed by atoms with E-state index in [2.05, 4.69) is 4.98 Å². The number of fused-ring (bicyclic) bond motifs is 1. The van der Waals surface area contributed by atoms with Gasteiger partial charge in [0.25, 0.3) is 5.19 Å². The highest BCUT2D eigenvalue weighted by Crippen LogP contribution is 2.28. The molecule has 0 saturated carbocycles. The van der Waals surface area contributed by atoms with Crippen molar-refractivity contribution in [1.29, 1.82) is 0 Å². The average Bonchev–Trinajstić information content (AvgIpc) is 3.20. The van der Waals surface area contributed by atoms with Crippen LogP contribution in [0, 0.1) is 0 Å². The molecule has 35 heavy (non-hydrogen) atoms. The van der Waals surface area contributed by atoms with Crippen molar-refractivity contribution in [2.45, 2.75) is 45.5 Å². The van der Waals surface area contributed by atoms with Crippen LogP contribution in [0.3, 0.4) is 0 Å². The summed E-state index contributed by atoms with van der Waals surface area (Å²) in [7, 11) is -1.44. The van der Waals surface area contributed by atoms with Crippen molar-refractivity contribution in [2.75, 3.05) is 0 Å². The SMILES string of the molecule is CC(C)(O)C(C)(C)O.OB(Oc1ccc(OCc2ccccc2)cc1)Oc1nc2ccccc2s1. The molecule has 0 aliphatic rings. The maximum atomic E-state index is 9.99. The number of benzene rings is 3. The van der Waals surface area contributed by atoms with Gasteiger partial charge in [-0.15, -0.1) is 0 Å². The molecule has 4 aromatic rings. The predicted octanol–water partition coefficient (Wildman–Crippen LogP) is 4.84. The number of para-hydroxylation sites is 1. The van der Waals surface area contributed by atoms with E-state index >= 15 is 0 Å². The number of rotatable bonds is 8. The third-order valence-electron chi connectivity index (χ3n) is 5.28. The molecule has 9 heteroatoms. The molecular formula is C26H30BNO6S. The number of aromatic nitrogens is 1. The fraction of sp³-hybridized carbons (Fsp3) is 0.269. The van der Waals surface area contributed by atoms with Gasteiger partial charge in [0.2, 0.25) is 0 Å². The van der Waals surface area contributed by atoms with Crippen LogP contribution in [0.4, 0.5) is 0 Å². The second kappa shape index (κ2) is 11.5. The Kier molecular flexibility index (Phi) is 8.74. The van der Waals surface area contributed by atoms with E-state index in [1.54, 1.807) is 52.0 Å². The Morgan fingerprint density at radius 1 is 0.771 bits per heavy atom. The first kappa shape index (κ1) is 26.5. The molecule has 0 unspecified atom stereocenters. The molecule has 0 aliphatic carbocycles. The Hall–Kier alpha value is -3.11. The normalized spacial score (nSPS) is 11.4. The molecule has 0 atom stereocenters. The predicted molar refractivity (Wildman–Crippen MR) is 139 cm³/mol. The minimum Gasteiger partial charge on any atom is -0.501 e. The minimum absolute atomic E-state index is 0.353. The van der Waals surface area contributed by atoms with Gasteiger partial charge in [-0.3, -0.25) is 0 Å². The Balaban J connectivity index is 0.000000371. The van der Waals surface area contributed by atoms with E-state index in [9.17, 15) is 5.02 Å². The average molecular weight is 495 g/mol. The fourth-order valence-corrected chi connectivity index (χ4v) is 3.31. The molecule has 4 rings (SSSR count). The number of hydrogen-bond donors (Lipinski definition) is 3. The number of nitrogens with zero attached hydrogens (tertiary/aromatic N) is 1. The molecule has 0 spiro atoms. The van der Waals surface area contributed by atoms with Gasteiger partial charge in [-0.1, -0.05) is 53.8 Å². The van der Waals surface area contributed by atoms with Crippen LogP contribution in [0.5, 0.6) is 16.7 Å². The molecule has 7 nitrogen and oxygen atoms in total. The van der Waals surface area contributed by atoms with Crippen LogP contribution in [0.1, 0.15) is 33.3 Å². The molecule has 3 N–H and O–H groups in total. The summed E-state index contributed by atoms with van der Waals surface area (Å²) in [6.45, 7) is 6.80. The summed E-state index contributed by atoms with van der Waals surface area (Å²) in [4.78, 5) is 4.30. The molecule has 0 radical (unpaired) electrons. The molecule has 0 saturated heterocycles.